The molecule has 0 spiro atoms. The monoisotopic (exact) mass is 306 g/mol. The molecule has 0 bridgehead atoms. The Bertz CT molecular complexity index is 468. The van der Waals surface area contributed by atoms with Crippen molar-refractivity contribution in [2.24, 2.45) is 17.7 Å². The maximum Gasteiger partial charge on any atom is 0.133 e. The summed E-state index contributed by atoms with van der Waals surface area (Å²) in [5.74, 6) is 9.41. The lowest BCUT2D eigenvalue weighted by Gasteiger charge is -2.39. The molecule has 3 nitrogen and oxygen atoms in total. The summed E-state index contributed by atoms with van der Waals surface area (Å²) in [6.45, 7) is 2.31. The number of fused-ring (bicyclic) bond motifs is 1. The van der Waals surface area contributed by atoms with Crippen LogP contribution in [0.25, 0.3) is 0 Å². The smallest absolute Gasteiger partial charge is 0.133 e. The van der Waals surface area contributed by atoms with Crippen LogP contribution in [0.5, 0.6) is 5.75 Å². The highest BCUT2D eigenvalue weighted by Gasteiger charge is 2.35. The zero-order valence-corrected chi connectivity index (χ0v) is 13.6. The van der Waals surface area contributed by atoms with Gasteiger partial charge in [-0.1, -0.05) is 38.3 Å². The maximum absolute atomic E-state index is 6.24. The van der Waals surface area contributed by atoms with Crippen LogP contribution < -0.4 is 16.0 Å². The van der Waals surface area contributed by atoms with Crippen molar-refractivity contribution in [3.8, 4) is 5.75 Å². The van der Waals surface area contributed by atoms with E-state index in [-0.39, 0.29) is 12.1 Å². The van der Waals surface area contributed by atoms with E-state index in [0.717, 1.165) is 17.4 Å². The standard InChI is InChI=1S/C17H26N2OS/c1-2-12-6-5-7-13(10-12)17(19-18)15-11-21-16-9-4-3-8-14(16)20-15/h3-4,8-9,12-13,15,17,19H,2,5-7,10-11,18H2,1H3. The van der Waals surface area contributed by atoms with E-state index in [2.05, 4.69) is 30.5 Å². The molecule has 4 atom stereocenters. The highest BCUT2D eigenvalue weighted by Crippen LogP contribution is 2.39. The van der Waals surface area contributed by atoms with Gasteiger partial charge in [0.05, 0.1) is 6.04 Å². The van der Waals surface area contributed by atoms with E-state index in [1.54, 1.807) is 0 Å². The summed E-state index contributed by atoms with van der Waals surface area (Å²) in [4.78, 5) is 1.25. The van der Waals surface area contributed by atoms with Gasteiger partial charge < -0.3 is 4.74 Å². The number of nitrogens with two attached hydrogens (primary N) is 1. The molecule has 1 saturated carbocycles. The topological polar surface area (TPSA) is 47.3 Å². The lowest BCUT2D eigenvalue weighted by atomic mass is 9.76. The summed E-state index contributed by atoms with van der Waals surface area (Å²) in [6, 6.07) is 8.58. The molecular formula is C17H26N2OS. The Morgan fingerprint density at radius 3 is 3.05 bits per heavy atom. The molecule has 3 rings (SSSR count). The van der Waals surface area contributed by atoms with Crippen LogP contribution in [0.4, 0.5) is 0 Å². The van der Waals surface area contributed by atoms with Gasteiger partial charge in [0.25, 0.3) is 0 Å². The van der Waals surface area contributed by atoms with Crippen molar-refractivity contribution in [1.29, 1.82) is 0 Å². The minimum absolute atomic E-state index is 0.176. The number of hydrazine groups is 1. The van der Waals surface area contributed by atoms with E-state index in [0.29, 0.717) is 5.92 Å². The van der Waals surface area contributed by atoms with E-state index in [4.69, 9.17) is 10.6 Å². The molecule has 0 radical (unpaired) electrons. The average Bonchev–Trinajstić information content (AvgIpc) is 2.56. The molecule has 2 aliphatic rings. The van der Waals surface area contributed by atoms with Crippen molar-refractivity contribution in [2.75, 3.05) is 5.75 Å². The molecule has 1 heterocycles. The SMILES string of the molecule is CCC1CCCC(C(NN)C2CSc3ccccc3O2)C1. The molecule has 1 fully saturated rings. The number of para-hydroxylation sites is 1. The first-order valence-corrected chi connectivity index (χ1v) is 9.15. The lowest BCUT2D eigenvalue weighted by Crippen LogP contribution is -2.53. The van der Waals surface area contributed by atoms with Crippen molar-refractivity contribution in [3.63, 3.8) is 0 Å². The van der Waals surface area contributed by atoms with Crippen LogP contribution in [-0.4, -0.2) is 17.9 Å². The Hall–Kier alpha value is -0.710. The Morgan fingerprint density at radius 2 is 2.24 bits per heavy atom. The Balaban J connectivity index is 1.69. The van der Waals surface area contributed by atoms with Gasteiger partial charge >= 0.3 is 0 Å². The number of rotatable bonds is 4. The highest BCUT2D eigenvalue weighted by atomic mass is 32.2. The largest absolute Gasteiger partial charge is 0.487 e. The van der Waals surface area contributed by atoms with Crippen LogP contribution in [0.1, 0.15) is 39.0 Å². The maximum atomic E-state index is 6.24. The van der Waals surface area contributed by atoms with Crippen LogP contribution in [0.3, 0.4) is 0 Å². The fraction of sp³-hybridized carbons (Fsp3) is 0.647. The molecule has 0 aromatic heterocycles. The van der Waals surface area contributed by atoms with E-state index >= 15 is 0 Å². The third-order valence-corrected chi connectivity index (χ3v) is 6.18. The molecule has 1 aliphatic heterocycles. The van der Waals surface area contributed by atoms with Gasteiger partial charge in [-0.3, -0.25) is 11.3 Å². The summed E-state index contributed by atoms with van der Waals surface area (Å²) in [5.41, 5.74) is 3.08. The van der Waals surface area contributed by atoms with Gasteiger partial charge in [0.15, 0.2) is 0 Å². The van der Waals surface area contributed by atoms with E-state index in [1.807, 2.05) is 17.8 Å². The number of thioether (sulfide) groups is 1. The molecule has 4 unspecified atom stereocenters. The minimum atomic E-state index is 0.176. The van der Waals surface area contributed by atoms with Crippen molar-refractivity contribution >= 4 is 11.8 Å². The van der Waals surface area contributed by atoms with Gasteiger partial charge in [0, 0.05) is 10.6 Å². The summed E-state index contributed by atoms with van der Waals surface area (Å²) >= 11 is 1.89. The number of hydrogen-bond donors (Lipinski definition) is 2. The third kappa shape index (κ3) is 3.38. The minimum Gasteiger partial charge on any atom is -0.487 e. The molecule has 21 heavy (non-hydrogen) atoms. The fourth-order valence-electron chi connectivity index (χ4n) is 3.79. The quantitative estimate of drug-likeness (QED) is 0.659. The van der Waals surface area contributed by atoms with E-state index in [1.165, 1.54) is 37.0 Å². The van der Waals surface area contributed by atoms with E-state index in [9.17, 15) is 0 Å². The molecular weight excluding hydrogens is 280 g/mol. The van der Waals surface area contributed by atoms with Gasteiger partial charge in [0.2, 0.25) is 0 Å². The van der Waals surface area contributed by atoms with Crippen molar-refractivity contribution in [1.82, 2.24) is 5.43 Å². The normalized spacial score (nSPS) is 30.3. The Kier molecular flexibility index (Phi) is 5.09. The molecule has 116 valence electrons. The number of benzene rings is 1. The summed E-state index contributed by atoms with van der Waals surface area (Å²) in [6.07, 6.45) is 6.74. The third-order valence-electron chi connectivity index (χ3n) is 5.03. The first kappa shape index (κ1) is 15.2. The Labute approximate surface area is 132 Å². The molecule has 0 saturated heterocycles. The second-order valence-electron chi connectivity index (χ2n) is 6.31. The zero-order chi connectivity index (χ0) is 14.7. The number of ether oxygens (including phenoxy) is 1. The van der Waals surface area contributed by atoms with Crippen molar-refractivity contribution in [3.05, 3.63) is 24.3 Å². The van der Waals surface area contributed by atoms with Gasteiger partial charge in [-0.05, 0) is 36.8 Å². The molecule has 1 aromatic carbocycles. The van der Waals surface area contributed by atoms with Gasteiger partial charge in [-0.15, -0.1) is 11.8 Å². The Morgan fingerprint density at radius 1 is 1.38 bits per heavy atom. The van der Waals surface area contributed by atoms with Crippen molar-refractivity contribution < 1.29 is 4.74 Å². The van der Waals surface area contributed by atoms with Crippen LogP contribution >= 0.6 is 11.8 Å². The summed E-state index contributed by atoms with van der Waals surface area (Å²) in [7, 11) is 0. The molecule has 0 amide bonds. The van der Waals surface area contributed by atoms with Gasteiger partial charge in [-0.2, -0.15) is 0 Å². The number of nitrogens with one attached hydrogen (secondary N) is 1. The van der Waals surface area contributed by atoms with Crippen LogP contribution in [0.15, 0.2) is 29.2 Å². The predicted octanol–water partition coefficient (Wildman–Crippen LogP) is 3.59. The second kappa shape index (κ2) is 7.03. The second-order valence-corrected chi connectivity index (χ2v) is 7.37. The molecule has 1 aliphatic carbocycles. The first-order valence-electron chi connectivity index (χ1n) is 8.16. The van der Waals surface area contributed by atoms with Crippen LogP contribution in [0.2, 0.25) is 0 Å². The summed E-state index contributed by atoms with van der Waals surface area (Å²) in [5, 5.41) is 0. The van der Waals surface area contributed by atoms with Gasteiger partial charge in [0.1, 0.15) is 11.9 Å². The highest BCUT2D eigenvalue weighted by molar-refractivity contribution is 7.99. The first-order chi connectivity index (χ1) is 10.3. The van der Waals surface area contributed by atoms with E-state index < -0.39 is 0 Å². The summed E-state index contributed by atoms with van der Waals surface area (Å²) < 4.78 is 6.24. The molecule has 3 N–H and O–H groups in total. The van der Waals surface area contributed by atoms with Gasteiger partial charge in [-0.25, -0.2) is 0 Å². The van der Waals surface area contributed by atoms with Crippen molar-refractivity contribution in [2.45, 2.75) is 56.1 Å². The molecule has 4 heteroatoms. The number of hydrogen-bond acceptors (Lipinski definition) is 4. The predicted molar refractivity (Wildman–Crippen MR) is 88.4 cm³/mol. The van der Waals surface area contributed by atoms with Crippen LogP contribution in [0, 0.1) is 11.8 Å². The van der Waals surface area contributed by atoms with Crippen LogP contribution in [-0.2, 0) is 0 Å². The lowest BCUT2D eigenvalue weighted by molar-refractivity contribution is 0.101. The fourth-order valence-corrected chi connectivity index (χ4v) is 4.84. The molecule has 1 aromatic rings. The average molecular weight is 306 g/mol. The zero-order valence-electron chi connectivity index (χ0n) is 12.8.